The van der Waals surface area contributed by atoms with Gasteiger partial charge in [-0.25, -0.2) is 9.59 Å². The second-order valence-corrected chi connectivity index (χ2v) is 4.19. The molecule has 1 atom stereocenters. The Morgan fingerprint density at radius 1 is 1.20 bits per heavy atom. The van der Waals surface area contributed by atoms with E-state index in [0.29, 0.717) is 26.2 Å². The standard InChI is InChI=1S/C12H22N2O6/c1-2-7-20-8-3-6-13-12(19)14-9(11(17)18)4-5-10(15)16/h9H,2-8H2,1H3,(H,15,16)(H,17,18)(H2,13,14,19)/t9-/m0/s1. The van der Waals surface area contributed by atoms with Gasteiger partial charge in [0.1, 0.15) is 6.04 Å². The average molecular weight is 290 g/mol. The second kappa shape index (κ2) is 11.0. The third-order valence-corrected chi connectivity index (χ3v) is 2.35. The Morgan fingerprint density at radius 2 is 1.90 bits per heavy atom. The van der Waals surface area contributed by atoms with Crippen LogP contribution >= 0.6 is 0 Å². The lowest BCUT2D eigenvalue weighted by molar-refractivity contribution is -0.140. The molecule has 0 aliphatic heterocycles. The molecule has 0 aromatic heterocycles. The van der Waals surface area contributed by atoms with E-state index in [9.17, 15) is 14.4 Å². The highest BCUT2D eigenvalue weighted by Crippen LogP contribution is 1.98. The maximum atomic E-state index is 11.4. The van der Waals surface area contributed by atoms with Crippen LogP contribution in [0.5, 0.6) is 0 Å². The molecule has 0 radical (unpaired) electrons. The number of hydrogen-bond acceptors (Lipinski definition) is 4. The Labute approximate surface area is 117 Å². The fourth-order valence-corrected chi connectivity index (χ4v) is 1.36. The molecule has 0 aliphatic carbocycles. The molecule has 0 unspecified atom stereocenters. The van der Waals surface area contributed by atoms with E-state index in [0.717, 1.165) is 6.42 Å². The molecule has 0 saturated carbocycles. The van der Waals surface area contributed by atoms with E-state index in [4.69, 9.17) is 14.9 Å². The highest BCUT2D eigenvalue weighted by molar-refractivity contribution is 5.82. The summed E-state index contributed by atoms with van der Waals surface area (Å²) < 4.78 is 5.22. The van der Waals surface area contributed by atoms with Gasteiger partial charge in [-0.1, -0.05) is 6.92 Å². The van der Waals surface area contributed by atoms with Gasteiger partial charge in [-0.2, -0.15) is 0 Å². The summed E-state index contributed by atoms with van der Waals surface area (Å²) in [6, 6.07) is -1.83. The minimum absolute atomic E-state index is 0.155. The quantitative estimate of drug-likeness (QED) is 0.409. The summed E-state index contributed by atoms with van der Waals surface area (Å²) in [6.07, 6.45) is 1.08. The molecule has 0 fully saturated rings. The first-order valence-corrected chi connectivity index (χ1v) is 6.54. The minimum atomic E-state index is -1.26. The van der Waals surface area contributed by atoms with Gasteiger partial charge in [-0.3, -0.25) is 4.79 Å². The Morgan fingerprint density at radius 3 is 2.45 bits per heavy atom. The number of aliphatic carboxylic acids is 2. The molecule has 8 heteroatoms. The largest absolute Gasteiger partial charge is 0.481 e. The van der Waals surface area contributed by atoms with Crippen molar-refractivity contribution >= 4 is 18.0 Å². The van der Waals surface area contributed by atoms with Crippen molar-refractivity contribution in [1.29, 1.82) is 0 Å². The van der Waals surface area contributed by atoms with Crippen molar-refractivity contribution in [2.24, 2.45) is 0 Å². The van der Waals surface area contributed by atoms with Crippen molar-refractivity contribution in [1.82, 2.24) is 10.6 Å². The zero-order valence-corrected chi connectivity index (χ0v) is 11.6. The average Bonchev–Trinajstić information content (AvgIpc) is 2.38. The third-order valence-electron chi connectivity index (χ3n) is 2.35. The van der Waals surface area contributed by atoms with Crippen molar-refractivity contribution in [3.63, 3.8) is 0 Å². The summed E-state index contributed by atoms with van der Waals surface area (Å²) in [5.41, 5.74) is 0. The van der Waals surface area contributed by atoms with Crippen LogP contribution in [0.25, 0.3) is 0 Å². The molecule has 20 heavy (non-hydrogen) atoms. The molecule has 0 aromatic carbocycles. The van der Waals surface area contributed by atoms with E-state index in [1.807, 2.05) is 6.92 Å². The van der Waals surface area contributed by atoms with Crippen LogP contribution in [0.2, 0.25) is 0 Å². The molecule has 8 nitrogen and oxygen atoms in total. The Balaban J connectivity index is 3.84. The van der Waals surface area contributed by atoms with E-state index in [1.165, 1.54) is 0 Å². The van der Waals surface area contributed by atoms with Gasteiger partial charge in [0.25, 0.3) is 0 Å². The van der Waals surface area contributed by atoms with Gasteiger partial charge in [0.2, 0.25) is 0 Å². The molecular formula is C12H22N2O6. The minimum Gasteiger partial charge on any atom is -0.481 e. The van der Waals surface area contributed by atoms with Crippen molar-refractivity contribution in [2.75, 3.05) is 19.8 Å². The topological polar surface area (TPSA) is 125 Å². The zero-order chi connectivity index (χ0) is 15.4. The normalized spacial score (nSPS) is 11.7. The summed E-state index contributed by atoms with van der Waals surface area (Å²) >= 11 is 0. The summed E-state index contributed by atoms with van der Waals surface area (Å²) in [5.74, 6) is -2.36. The smallest absolute Gasteiger partial charge is 0.326 e. The van der Waals surface area contributed by atoms with E-state index in [1.54, 1.807) is 0 Å². The van der Waals surface area contributed by atoms with E-state index in [-0.39, 0.29) is 12.8 Å². The van der Waals surface area contributed by atoms with Crippen LogP contribution in [0, 0.1) is 0 Å². The van der Waals surface area contributed by atoms with Crippen molar-refractivity contribution < 1.29 is 29.3 Å². The maximum absolute atomic E-state index is 11.4. The Bertz CT molecular complexity index is 321. The number of rotatable bonds is 11. The first-order chi connectivity index (χ1) is 9.47. The first kappa shape index (κ1) is 18.2. The zero-order valence-electron chi connectivity index (χ0n) is 11.6. The summed E-state index contributed by atoms with van der Waals surface area (Å²) in [4.78, 5) is 32.6. The molecule has 0 rings (SSSR count). The third kappa shape index (κ3) is 10.1. The van der Waals surface area contributed by atoms with Crippen LogP contribution < -0.4 is 10.6 Å². The number of carbonyl (C=O) groups excluding carboxylic acids is 1. The lowest BCUT2D eigenvalue weighted by Crippen LogP contribution is -2.46. The van der Waals surface area contributed by atoms with Crippen molar-refractivity contribution in [3.05, 3.63) is 0 Å². The number of nitrogens with one attached hydrogen (secondary N) is 2. The SMILES string of the molecule is CCCOCCCNC(=O)N[C@@H](CCC(=O)O)C(=O)O. The molecule has 0 saturated heterocycles. The molecule has 4 N–H and O–H groups in total. The predicted molar refractivity (Wildman–Crippen MR) is 70.6 cm³/mol. The molecule has 116 valence electrons. The molecule has 0 aliphatic rings. The van der Waals surface area contributed by atoms with Gasteiger partial charge in [0.05, 0.1) is 0 Å². The molecular weight excluding hydrogens is 268 g/mol. The fraction of sp³-hybridized carbons (Fsp3) is 0.750. The van der Waals surface area contributed by atoms with Crippen LogP contribution in [0.1, 0.15) is 32.6 Å². The van der Waals surface area contributed by atoms with Crippen LogP contribution in [-0.2, 0) is 14.3 Å². The van der Waals surface area contributed by atoms with Gasteiger partial charge >= 0.3 is 18.0 Å². The predicted octanol–water partition coefficient (Wildman–Crippen LogP) is 0.420. The van der Waals surface area contributed by atoms with Gasteiger partial charge in [-0.05, 0) is 19.3 Å². The first-order valence-electron chi connectivity index (χ1n) is 6.54. The summed E-state index contributed by atoms with van der Waals surface area (Å²) in [6.45, 7) is 3.55. The number of carboxylic acids is 2. The second-order valence-electron chi connectivity index (χ2n) is 4.19. The monoisotopic (exact) mass is 290 g/mol. The van der Waals surface area contributed by atoms with E-state index < -0.39 is 24.0 Å². The number of hydrogen-bond donors (Lipinski definition) is 4. The van der Waals surface area contributed by atoms with Crippen molar-refractivity contribution in [3.8, 4) is 0 Å². The van der Waals surface area contributed by atoms with Crippen LogP contribution in [0.4, 0.5) is 4.79 Å². The van der Waals surface area contributed by atoms with Gasteiger partial charge in [0.15, 0.2) is 0 Å². The van der Waals surface area contributed by atoms with Crippen molar-refractivity contribution in [2.45, 2.75) is 38.6 Å². The molecule has 2 amide bonds. The molecule has 0 bridgehead atoms. The highest BCUT2D eigenvalue weighted by Gasteiger charge is 2.20. The number of amides is 2. The number of carboxylic acid groups (broad SMARTS) is 2. The van der Waals surface area contributed by atoms with E-state index >= 15 is 0 Å². The van der Waals surface area contributed by atoms with E-state index in [2.05, 4.69) is 10.6 Å². The lowest BCUT2D eigenvalue weighted by Gasteiger charge is -2.14. The lowest BCUT2D eigenvalue weighted by atomic mass is 10.1. The molecule has 0 heterocycles. The molecule has 0 aromatic rings. The fourth-order valence-electron chi connectivity index (χ4n) is 1.36. The Hall–Kier alpha value is -1.83. The maximum Gasteiger partial charge on any atom is 0.326 e. The Kier molecular flexibility index (Phi) is 10.0. The van der Waals surface area contributed by atoms with Gasteiger partial charge in [-0.15, -0.1) is 0 Å². The van der Waals surface area contributed by atoms with Gasteiger partial charge in [0, 0.05) is 26.2 Å². The van der Waals surface area contributed by atoms with Crippen LogP contribution in [0.3, 0.4) is 0 Å². The van der Waals surface area contributed by atoms with Gasteiger partial charge < -0.3 is 25.6 Å². The summed E-state index contributed by atoms with van der Waals surface area (Å²) in [7, 11) is 0. The van der Waals surface area contributed by atoms with Crippen LogP contribution in [-0.4, -0.2) is 54.0 Å². The number of carbonyl (C=O) groups is 3. The molecule has 0 spiro atoms. The number of urea groups is 1. The highest BCUT2D eigenvalue weighted by atomic mass is 16.5. The number of ether oxygens (including phenoxy) is 1. The van der Waals surface area contributed by atoms with Crippen LogP contribution in [0.15, 0.2) is 0 Å². The summed E-state index contributed by atoms with van der Waals surface area (Å²) in [5, 5.41) is 22.0.